The summed E-state index contributed by atoms with van der Waals surface area (Å²) in [4.78, 5) is 117. The maximum atomic E-state index is 15.1. The summed E-state index contributed by atoms with van der Waals surface area (Å²) in [5.41, 5.74) is 21.8. The summed E-state index contributed by atoms with van der Waals surface area (Å²) in [5, 5.41) is 6.24. The molecule has 2 heterocycles. The minimum Gasteiger partial charge on any atom is -0.454 e. The van der Waals surface area contributed by atoms with Crippen molar-refractivity contribution >= 4 is 58.9 Å². The molecule has 0 aliphatic carbocycles. The van der Waals surface area contributed by atoms with Crippen LogP contribution in [-0.2, 0) is 70.7 Å². The van der Waals surface area contributed by atoms with E-state index in [9.17, 15) is 46.7 Å². The highest BCUT2D eigenvalue weighted by atomic mass is 32.2. The van der Waals surface area contributed by atoms with Crippen LogP contribution in [0.3, 0.4) is 0 Å². The summed E-state index contributed by atoms with van der Waals surface area (Å²) in [6.07, 6.45) is 3.80. The highest BCUT2D eigenvalue weighted by Crippen LogP contribution is 2.35. The number of rotatable bonds is 41. The number of hydrogen-bond donors (Lipinski definition) is 5. The van der Waals surface area contributed by atoms with Crippen LogP contribution in [0.2, 0.25) is 0 Å². The predicted octanol–water partition coefficient (Wildman–Crippen LogP) is 7.76. The van der Waals surface area contributed by atoms with Crippen molar-refractivity contribution in [3.05, 3.63) is 154 Å². The molecule has 8 N–H and O–H groups in total. The second-order valence-electron chi connectivity index (χ2n) is 24.9. The number of nitrogens with one attached hydrogen (secondary N) is 2. The summed E-state index contributed by atoms with van der Waals surface area (Å²) < 4.78 is 63.7. The topological polar surface area (TPSA) is 292 Å². The zero-order valence-electron chi connectivity index (χ0n) is 57.9. The number of nitrogens with zero attached hydrogens (tertiary/aromatic N) is 5. The number of ether oxygens (including phenoxy) is 4. The maximum absolute atomic E-state index is 15.1. The van der Waals surface area contributed by atoms with Gasteiger partial charge in [-0.1, -0.05) is 124 Å². The Kier molecular flexibility index (Phi) is 31.8. The van der Waals surface area contributed by atoms with Crippen LogP contribution in [0, 0.1) is 23.7 Å². The van der Waals surface area contributed by atoms with Gasteiger partial charge in [0.25, 0.3) is 0 Å². The zero-order chi connectivity index (χ0) is 72.2. The number of amides is 7. The van der Waals surface area contributed by atoms with Crippen molar-refractivity contribution in [3.8, 4) is 23.0 Å². The van der Waals surface area contributed by atoms with Gasteiger partial charge in [0.05, 0.1) is 48.9 Å². The Morgan fingerprint density at radius 1 is 0.596 bits per heavy atom. The van der Waals surface area contributed by atoms with Crippen LogP contribution in [0.1, 0.15) is 101 Å². The van der Waals surface area contributed by atoms with Gasteiger partial charge in [0.2, 0.25) is 54.9 Å². The van der Waals surface area contributed by atoms with Gasteiger partial charge in [-0.25, -0.2) is 0 Å². The average Bonchev–Trinajstić information content (AvgIpc) is 1.83. The standard InChI is InChI=1S/C73H97F3N10O12S/c1-8-53(36-80-37-55-14-11-10-12-15-55)31-51(5)72(94)85(42-58-20-24-63-65(34-58)98-48-96-63)39-54(9-2)32-52(6)71(93)84(41-57-19-23-62-64(33-57)97-47-95-62)38-49(3)30-50(4)70(92)86(40-56-17-21-60(22-18-56)73(74,75)76)44-66(88)81-27-13-16-67(89)83(29-26-78)45-68(90)82(28-25-77)43-61(87)35-59(46-99-7)69(79)91/h10-12,14-15,17-24,30-34,50-52,59,80H,8-9,13,16,25-29,35-48,77-78H2,1-7H3,(H2,79,91)(H,81,88)/b49-30+,53-31+,54-32+/t50-,51-,52-,59?/m0/s1. The Morgan fingerprint density at radius 2 is 1.10 bits per heavy atom. The van der Waals surface area contributed by atoms with Gasteiger partial charge < -0.3 is 71.3 Å². The number of ketones is 1. The molecular weight excluding hydrogens is 1300 g/mol. The fourth-order valence-corrected chi connectivity index (χ4v) is 12.2. The van der Waals surface area contributed by atoms with Crippen LogP contribution < -0.4 is 46.8 Å². The first-order valence-corrected chi connectivity index (χ1v) is 34.8. The fourth-order valence-electron chi connectivity index (χ4n) is 11.5. The van der Waals surface area contributed by atoms with Crippen LogP contribution in [0.25, 0.3) is 0 Å². The lowest BCUT2D eigenvalue weighted by molar-refractivity contribution is -0.142. The van der Waals surface area contributed by atoms with E-state index in [2.05, 4.69) is 29.7 Å². The van der Waals surface area contributed by atoms with Crippen molar-refractivity contribution in [1.82, 2.24) is 35.1 Å². The van der Waals surface area contributed by atoms with Crippen molar-refractivity contribution in [2.24, 2.45) is 40.9 Å². The molecule has 1 unspecified atom stereocenters. The van der Waals surface area contributed by atoms with E-state index < -0.39 is 83.8 Å². The van der Waals surface area contributed by atoms with Gasteiger partial charge in [-0.2, -0.15) is 24.9 Å². The molecule has 6 rings (SSSR count). The van der Waals surface area contributed by atoms with Gasteiger partial charge in [0, 0.05) is 97.1 Å². The molecule has 4 aromatic rings. The van der Waals surface area contributed by atoms with Gasteiger partial charge in [-0.05, 0) is 91.1 Å². The molecule has 0 radical (unpaired) electrons. The number of Topliss-reactive ketones (excluding diaryl/α,β-unsaturated/α-hetero) is 1. The highest BCUT2D eigenvalue weighted by molar-refractivity contribution is 7.98. The van der Waals surface area contributed by atoms with Gasteiger partial charge >= 0.3 is 6.18 Å². The van der Waals surface area contributed by atoms with Gasteiger partial charge in [0.15, 0.2) is 28.8 Å². The van der Waals surface area contributed by atoms with E-state index in [0.29, 0.717) is 59.4 Å². The number of fused-ring (bicyclic) bond motifs is 2. The summed E-state index contributed by atoms with van der Waals surface area (Å²) in [6, 6.07) is 25.4. The molecule has 0 saturated heterocycles. The molecule has 538 valence electrons. The first kappa shape index (κ1) is 79.3. The van der Waals surface area contributed by atoms with Crippen molar-refractivity contribution < 1.29 is 70.5 Å². The number of halogens is 3. The molecular formula is C73H97F3N10O12S. The number of nitrogens with two attached hydrogens (primary N) is 3. The first-order valence-electron chi connectivity index (χ1n) is 33.5. The van der Waals surface area contributed by atoms with E-state index in [1.807, 2.05) is 68.5 Å². The Hall–Kier alpha value is -8.72. The maximum Gasteiger partial charge on any atom is 0.416 e. The predicted molar refractivity (Wildman–Crippen MR) is 373 cm³/mol. The minimum atomic E-state index is -4.63. The Morgan fingerprint density at radius 3 is 1.64 bits per heavy atom. The summed E-state index contributed by atoms with van der Waals surface area (Å²) in [5.74, 6) is -3.86. The van der Waals surface area contributed by atoms with Crippen molar-refractivity contribution in [1.29, 1.82) is 0 Å². The molecule has 0 fully saturated rings. The van der Waals surface area contributed by atoms with Crippen LogP contribution >= 0.6 is 11.8 Å². The molecule has 2 aliphatic heterocycles. The molecule has 7 amide bonds. The third-order valence-corrected chi connectivity index (χ3v) is 17.6. The summed E-state index contributed by atoms with van der Waals surface area (Å²) in [6.45, 7) is 11.6. The second-order valence-corrected chi connectivity index (χ2v) is 25.8. The number of carbonyl (C=O) groups is 8. The second kappa shape index (κ2) is 39.8. The van der Waals surface area contributed by atoms with Crippen LogP contribution in [0.15, 0.2) is 126 Å². The van der Waals surface area contributed by atoms with E-state index in [0.717, 1.165) is 46.4 Å². The quantitative estimate of drug-likeness (QED) is 0.0209. The molecule has 4 aromatic carbocycles. The number of hydrogen-bond acceptors (Lipinski definition) is 16. The van der Waals surface area contributed by atoms with E-state index >= 15 is 4.79 Å². The normalized spacial score (nSPS) is 14.0. The van der Waals surface area contributed by atoms with E-state index in [-0.39, 0.29) is 117 Å². The third kappa shape index (κ3) is 25.5. The van der Waals surface area contributed by atoms with Crippen molar-refractivity contribution in [2.75, 3.05) is 97.6 Å². The molecule has 0 aromatic heterocycles. The van der Waals surface area contributed by atoms with E-state index in [1.54, 1.807) is 55.0 Å². The summed E-state index contributed by atoms with van der Waals surface area (Å²) in [7, 11) is 0. The molecule has 22 nitrogen and oxygen atoms in total. The minimum absolute atomic E-state index is 0.00118. The Balaban J connectivity index is 1.18. The molecule has 0 bridgehead atoms. The number of benzene rings is 4. The van der Waals surface area contributed by atoms with Gasteiger partial charge in [0.1, 0.15) is 0 Å². The summed E-state index contributed by atoms with van der Waals surface area (Å²) >= 11 is 1.35. The van der Waals surface area contributed by atoms with Crippen molar-refractivity contribution in [2.45, 2.75) is 106 Å². The average molecular weight is 1400 g/mol. The van der Waals surface area contributed by atoms with Gasteiger partial charge in [-0.15, -0.1) is 0 Å². The van der Waals surface area contributed by atoms with Crippen molar-refractivity contribution in [3.63, 3.8) is 0 Å². The lowest BCUT2D eigenvalue weighted by Gasteiger charge is -2.29. The van der Waals surface area contributed by atoms with Crippen LogP contribution in [0.5, 0.6) is 23.0 Å². The lowest BCUT2D eigenvalue weighted by atomic mass is 10.00. The van der Waals surface area contributed by atoms with Crippen LogP contribution in [-0.4, -0.2) is 169 Å². The Bertz CT molecular complexity index is 3480. The third-order valence-electron chi connectivity index (χ3n) is 16.8. The molecule has 0 saturated carbocycles. The molecule has 0 spiro atoms. The number of thioether (sulfide) groups is 1. The Labute approximate surface area is 583 Å². The lowest BCUT2D eigenvalue weighted by Crippen LogP contribution is -2.47. The van der Waals surface area contributed by atoms with Gasteiger partial charge in [-0.3, -0.25) is 38.4 Å². The number of primary amides is 1. The monoisotopic (exact) mass is 1390 g/mol. The molecule has 26 heteroatoms. The highest BCUT2D eigenvalue weighted by Gasteiger charge is 2.32. The number of alkyl halides is 3. The van der Waals surface area contributed by atoms with E-state index in [4.69, 9.17) is 36.1 Å². The first-order chi connectivity index (χ1) is 47.3. The largest absolute Gasteiger partial charge is 0.454 e. The van der Waals surface area contributed by atoms with E-state index in [1.165, 1.54) is 38.6 Å². The SMILES string of the molecule is CC/C(=C\[C@H](C)C(=O)N(C/C(=C/[C@H](C)C(=O)N(C/C(C)=C/[C@H](C)C(=O)N(CC(=O)NCCCC(=O)N(CCN)CC(=O)N(CCN)CC(=O)CC(CSC)C(N)=O)Cc1ccc(C(F)(F)F)cc1)Cc1ccc2c(c1)OCO2)CC)Cc1ccc2c(c1)OCO2)CNCc1ccccc1. The molecule has 2 aliphatic rings. The fraction of sp³-hybridized carbons (Fsp3) is 0.479. The molecule has 4 atom stereocenters. The smallest absolute Gasteiger partial charge is 0.416 e. The molecule has 99 heavy (non-hydrogen) atoms. The zero-order valence-corrected chi connectivity index (χ0v) is 58.7. The number of carbonyl (C=O) groups excluding carboxylic acids is 8. The van der Waals surface area contributed by atoms with Crippen LogP contribution in [0.4, 0.5) is 13.2 Å².